The van der Waals surface area contributed by atoms with Gasteiger partial charge in [0, 0.05) is 6.42 Å². The summed E-state index contributed by atoms with van der Waals surface area (Å²) in [7, 11) is 1.50. The molecule has 1 heterocycles. The second kappa shape index (κ2) is 4.57. The minimum atomic E-state index is 0.179. The van der Waals surface area contributed by atoms with Crippen molar-refractivity contribution in [3.05, 3.63) is 41.7 Å². The summed E-state index contributed by atoms with van der Waals surface area (Å²) < 4.78 is 4.93. The molecule has 0 fully saturated rings. The second-order valence-electron chi connectivity index (χ2n) is 3.26. The Morgan fingerprint density at radius 2 is 1.88 bits per heavy atom. The Labute approximate surface area is 93.3 Å². The predicted octanol–water partition coefficient (Wildman–Crippen LogP) is 1.05. The summed E-state index contributed by atoms with van der Waals surface area (Å²) in [6, 6.07) is 10.2. The van der Waals surface area contributed by atoms with Crippen LogP contribution in [0.2, 0.25) is 0 Å². The summed E-state index contributed by atoms with van der Waals surface area (Å²) in [5.41, 5.74) is 6.67. The lowest BCUT2D eigenvalue weighted by molar-refractivity contribution is 0.377. The van der Waals surface area contributed by atoms with E-state index in [2.05, 4.69) is 15.0 Å². The van der Waals surface area contributed by atoms with Gasteiger partial charge in [0.15, 0.2) is 0 Å². The van der Waals surface area contributed by atoms with Gasteiger partial charge in [-0.15, -0.1) is 0 Å². The summed E-state index contributed by atoms with van der Waals surface area (Å²) in [5.74, 6) is 0.785. The van der Waals surface area contributed by atoms with Crippen LogP contribution in [0.25, 0.3) is 0 Å². The molecule has 0 aliphatic heterocycles. The normalized spacial score (nSPS) is 10.1. The lowest BCUT2D eigenvalue weighted by atomic mass is 10.1. The van der Waals surface area contributed by atoms with Gasteiger partial charge in [0.25, 0.3) is 0 Å². The van der Waals surface area contributed by atoms with E-state index in [1.54, 1.807) is 0 Å². The highest BCUT2D eigenvalue weighted by molar-refractivity contribution is 5.23. The van der Waals surface area contributed by atoms with Crippen LogP contribution in [-0.4, -0.2) is 22.1 Å². The highest BCUT2D eigenvalue weighted by Gasteiger charge is 2.04. The second-order valence-corrected chi connectivity index (χ2v) is 3.26. The van der Waals surface area contributed by atoms with E-state index in [1.807, 2.05) is 30.3 Å². The zero-order valence-electron chi connectivity index (χ0n) is 8.92. The van der Waals surface area contributed by atoms with Gasteiger partial charge in [0.05, 0.1) is 7.11 Å². The van der Waals surface area contributed by atoms with Crippen molar-refractivity contribution in [1.82, 2.24) is 15.0 Å². The molecule has 5 nitrogen and oxygen atoms in total. The maximum Gasteiger partial charge on any atom is 0.321 e. The first-order chi connectivity index (χ1) is 7.78. The Bertz CT molecular complexity index is 473. The van der Waals surface area contributed by atoms with Crippen LogP contribution in [0.5, 0.6) is 6.01 Å². The summed E-state index contributed by atoms with van der Waals surface area (Å²) in [4.78, 5) is 12.0. The molecule has 16 heavy (non-hydrogen) atoms. The van der Waals surface area contributed by atoms with Gasteiger partial charge in [-0.05, 0) is 5.56 Å². The van der Waals surface area contributed by atoms with E-state index >= 15 is 0 Å². The summed E-state index contributed by atoms with van der Waals surface area (Å²) in [5, 5.41) is 0. The van der Waals surface area contributed by atoms with Crippen LogP contribution >= 0.6 is 0 Å². The van der Waals surface area contributed by atoms with Crippen molar-refractivity contribution in [1.29, 1.82) is 0 Å². The minimum Gasteiger partial charge on any atom is -0.467 e. The number of hydrogen-bond donors (Lipinski definition) is 1. The topological polar surface area (TPSA) is 73.9 Å². The Kier molecular flexibility index (Phi) is 2.95. The van der Waals surface area contributed by atoms with Crippen LogP contribution in [0.15, 0.2) is 30.3 Å². The van der Waals surface area contributed by atoms with Gasteiger partial charge in [-0.2, -0.15) is 15.0 Å². The summed E-state index contributed by atoms with van der Waals surface area (Å²) in [6.45, 7) is 0. The number of benzene rings is 1. The number of hydrogen-bond acceptors (Lipinski definition) is 5. The predicted molar refractivity (Wildman–Crippen MR) is 60.0 cm³/mol. The number of nitrogen functional groups attached to an aromatic ring is 1. The third kappa shape index (κ3) is 2.44. The number of aromatic nitrogens is 3. The zero-order chi connectivity index (χ0) is 11.4. The molecule has 0 amide bonds. The zero-order valence-corrected chi connectivity index (χ0v) is 8.92. The highest BCUT2D eigenvalue weighted by Crippen LogP contribution is 2.09. The van der Waals surface area contributed by atoms with Crippen LogP contribution < -0.4 is 10.5 Å². The Hall–Kier alpha value is -2.17. The van der Waals surface area contributed by atoms with E-state index in [0.29, 0.717) is 12.2 Å². The molecule has 2 N–H and O–H groups in total. The van der Waals surface area contributed by atoms with E-state index in [-0.39, 0.29) is 12.0 Å². The van der Waals surface area contributed by atoms with Crippen molar-refractivity contribution in [2.45, 2.75) is 6.42 Å². The van der Waals surface area contributed by atoms with Crippen LogP contribution in [-0.2, 0) is 6.42 Å². The first-order valence-corrected chi connectivity index (χ1v) is 4.86. The minimum absolute atomic E-state index is 0.179. The van der Waals surface area contributed by atoms with Crippen molar-refractivity contribution < 1.29 is 4.74 Å². The van der Waals surface area contributed by atoms with Gasteiger partial charge in [0.2, 0.25) is 5.95 Å². The average molecular weight is 216 g/mol. The Morgan fingerprint density at radius 1 is 1.12 bits per heavy atom. The molecular formula is C11H12N4O. The molecule has 0 bridgehead atoms. The van der Waals surface area contributed by atoms with Crippen LogP contribution in [0.4, 0.5) is 5.95 Å². The maximum absolute atomic E-state index is 5.55. The van der Waals surface area contributed by atoms with E-state index in [1.165, 1.54) is 7.11 Å². The van der Waals surface area contributed by atoms with E-state index in [9.17, 15) is 0 Å². The fraction of sp³-hybridized carbons (Fsp3) is 0.182. The van der Waals surface area contributed by atoms with Crippen molar-refractivity contribution in [3.8, 4) is 6.01 Å². The molecule has 1 aromatic carbocycles. The third-order valence-corrected chi connectivity index (χ3v) is 2.07. The van der Waals surface area contributed by atoms with E-state index in [4.69, 9.17) is 10.5 Å². The molecule has 5 heteroatoms. The van der Waals surface area contributed by atoms with Crippen molar-refractivity contribution in [2.24, 2.45) is 0 Å². The van der Waals surface area contributed by atoms with Gasteiger partial charge in [-0.1, -0.05) is 30.3 Å². The standard InChI is InChI=1S/C11H12N4O/c1-16-11-14-9(13-10(12)15-11)7-8-5-3-2-4-6-8/h2-6H,7H2,1H3,(H2,12,13,14,15). The number of nitrogens with zero attached hydrogens (tertiary/aromatic N) is 3. The molecule has 0 spiro atoms. The smallest absolute Gasteiger partial charge is 0.321 e. The molecule has 2 rings (SSSR count). The lowest BCUT2D eigenvalue weighted by Gasteiger charge is -2.03. The molecule has 0 aliphatic rings. The number of anilines is 1. The highest BCUT2D eigenvalue weighted by atomic mass is 16.5. The molecule has 82 valence electrons. The molecular weight excluding hydrogens is 204 g/mol. The van der Waals surface area contributed by atoms with Gasteiger partial charge in [-0.25, -0.2) is 0 Å². The van der Waals surface area contributed by atoms with Gasteiger partial charge < -0.3 is 10.5 Å². The van der Waals surface area contributed by atoms with Crippen LogP contribution in [0, 0.1) is 0 Å². The monoisotopic (exact) mass is 216 g/mol. The average Bonchev–Trinajstić information content (AvgIpc) is 2.29. The molecule has 2 aromatic rings. The fourth-order valence-electron chi connectivity index (χ4n) is 1.36. The molecule has 0 saturated heterocycles. The first kappa shape index (κ1) is 10.4. The van der Waals surface area contributed by atoms with Crippen LogP contribution in [0.1, 0.15) is 11.4 Å². The third-order valence-electron chi connectivity index (χ3n) is 2.07. The SMILES string of the molecule is COc1nc(N)nc(Cc2ccccc2)n1. The fourth-order valence-corrected chi connectivity index (χ4v) is 1.36. The first-order valence-electron chi connectivity index (χ1n) is 4.86. The number of methoxy groups -OCH3 is 1. The molecule has 0 radical (unpaired) electrons. The summed E-state index contributed by atoms with van der Waals surface area (Å²) in [6.07, 6.45) is 0.615. The number of rotatable bonds is 3. The van der Waals surface area contributed by atoms with Gasteiger partial charge in [-0.3, -0.25) is 0 Å². The number of nitrogens with two attached hydrogens (primary N) is 1. The Morgan fingerprint density at radius 3 is 2.56 bits per heavy atom. The van der Waals surface area contributed by atoms with E-state index in [0.717, 1.165) is 5.56 Å². The van der Waals surface area contributed by atoms with Crippen LogP contribution in [0.3, 0.4) is 0 Å². The van der Waals surface area contributed by atoms with E-state index < -0.39 is 0 Å². The van der Waals surface area contributed by atoms with Gasteiger partial charge in [0.1, 0.15) is 5.82 Å². The van der Waals surface area contributed by atoms with Crippen molar-refractivity contribution >= 4 is 5.95 Å². The lowest BCUT2D eigenvalue weighted by Crippen LogP contribution is -2.05. The van der Waals surface area contributed by atoms with Crippen molar-refractivity contribution in [2.75, 3.05) is 12.8 Å². The summed E-state index contributed by atoms with van der Waals surface area (Å²) >= 11 is 0. The molecule has 0 atom stereocenters. The van der Waals surface area contributed by atoms with Gasteiger partial charge >= 0.3 is 6.01 Å². The Balaban J connectivity index is 2.24. The largest absolute Gasteiger partial charge is 0.467 e. The van der Waals surface area contributed by atoms with Crippen molar-refractivity contribution in [3.63, 3.8) is 0 Å². The molecule has 1 aromatic heterocycles. The maximum atomic E-state index is 5.55. The molecule has 0 saturated carbocycles. The molecule has 0 unspecified atom stereocenters. The quantitative estimate of drug-likeness (QED) is 0.830. The number of ether oxygens (including phenoxy) is 1. The molecule has 0 aliphatic carbocycles.